The molecule has 4 aromatic heterocycles. The molecule has 0 saturated carbocycles. The van der Waals surface area contributed by atoms with E-state index in [0.29, 0.717) is 23.7 Å². The summed E-state index contributed by atoms with van der Waals surface area (Å²) >= 11 is 0. The smallest absolute Gasteiger partial charge is 0.136 e. The second-order valence-corrected chi connectivity index (χ2v) is 10.0. The largest absolute Gasteiger partial charge is 0.365 e. The molecule has 0 aromatic carbocycles. The van der Waals surface area contributed by atoms with E-state index in [0.717, 1.165) is 39.9 Å². The number of hydrogen-bond acceptors (Lipinski definition) is 8. The number of rotatable bonds is 4. The Labute approximate surface area is 229 Å². The van der Waals surface area contributed by atoms with Crippen molar-refractivity contribution < 1.29 is 18.1 Å². The molecule has 0 fully saturated rings. The van der Waals surface area contributed by atoms with Crippen molar-refractivity contribution >= 4 is 0 Å². The van der Waals surface area contributed by atoms with Crippen LogP contribution in [0.5, 0.6) is 0 Å². The molecule has 0 N–H and O–H groups in total. The van der Waals surface area contributed by atoms with Gasteiger partial charge < -0.3 is 18.1 Å². The second-order valence-electron chi connectivity index (χ2n) is 10.0. The molecular weight excluding hydrogens is 480 g/mol. The van der Waals surface area contributed by atoms with Gasteiger partial charge in [0.05, 0.1) is 22.8 Å². The SMILES string of the molecule is CC.CC(C)c1ccon1.Cc1cc(C(C)C)no1.Cc1conc1C(C)C.Cc1onc(C(C)C)c1C. The highest BCUT2D eigenvalue weighted by Gasteiger charge is 2.10. The highest BCUT2D eigenvalue weighted by atomic mass is 16.5. The fourth-order valence-electron chi connectivity index (χ4n) is 3.01. The quantitative estimate of drug-likeness (QED) is 0.257. The lowest BCUT2D eigenvalue weighted by Crippen LogP contribution is -1.89. The molecule has 214 valence electrons. The van der Waals surface area contributed by atoms with E-state index in [1.54, 1.807) is 12.5 Å². The summed E-state index contributed by atoms with van der Waals surface area (Å²) in [7, 11) is 0. The molecule has 0 saturated heterocycles. The highest BCUT2D eigenvalue weighted by Crippen LogP contribution is 2.19. The zero-order valence-electron chi connectivity index (χ0n) is 26.0. The number of nitrogens with zero attached hydrogens (tertiary/aromatic N) is 4. The van der Waals surface area contributed by atoms with Crippen LogP contribution in [0.4, 0.5) is 0 Å². The molecule has 8 heteroatoms. The molecule has 0 unspecified atom stereocenters. The summed E-state index contributed by atoms with van der Waals surface area (Å²) in [6.45, 7) is 28.7. The van der Waals surface area contributed by atoms with Crippen LogP contribution in [0.3, 0.4) is 0 Å². The van der Waals surface area contributed by atoms with E-state index in [9.17, 15) is 0 Å². The van der Waals surface area contributed by atoms with Gasteiger partial charge in [0.15, 0.2) is 0 Å². The first-order chi connectivity index (χ1) is 17.8. The molecule has 0 radical (unpaired) electrons. The normalized spacial score (nSPS) is 10.3. The first-order valence-corrected chi connectivity index (χ1v) is 13.5. The highest BCUT2D eigenvalue weighted by molar-refractivity contribution is 5.22. The van der Waals surface area contributed by atoms with Crippen molar-refractivity contribution in [2.45, 2.75) is 121 Å². The third-order valence-electron chi connectivity index (χ3n) is 5.36. The first-order valence-electron chi connectivity index (χ1n) is 13.5. The Hall–Kier alpha value is -3.16. The lowest BCUT2D eigenvalue weighted by atomic mass is 10.1. The maximum atomic E-state index is 5.01. The average molecular weight is 531 g/mol. The van der Waals surface area contributed by atoms with E-state index in [1.165, 1.54) is 5.56 Å². The Morgan fingerprint density at radius 1 is 0.605 bits per heavy atom. The monoisotopic (exact) mass is 530 g/mol. The first kappa shape index (κ1) is 34.8. The van der Waals surface area contributed by atoms with Crippen LogP contribution in [0.2, 0.25) is 0 Å². The molecule has 0 aliphatic rings. The van der Waals surface area contributed by atoms with Crippen LogP contribution in [0.15, 0.2) is 42.8 Å². The molecule has 0 bridgehead atoms. The van der Waals surface area contributed by atoms with E-state index in [-0.39, 0.29) is 0 Å². The fraction of sp³-hybridized carbons (Fsp3) is 0.600. The van der Waals surface area contributed by atoms with Gasteiger partial charge in [-0.25, -0.2) is 0 Å². The molecule has 4 heterocycles. The van der Waals surface area contributed by atoms with E-state index in [4.69, 9.17) is 13.6 Å². The van der Waals surface area contributed by atoms with Gasteiger partial charge >= 0.3 is 0 Å². The number of aromatic nitrogens is 4. The minimum absolute atomic E-state index is 0.470. The van der Waals surface area contributed by atoms with Crippen LogP contribution < -0.4 is 0 Å². The van der Waals surface area contributed by atoms with Crippen molar-refractivity contribution in [1.29, 1.82) is 0 Å². The third kappa shape index (κ3) is 12.4. The number of aryl methyl sites for hydroxylation is 3. The molecule has 0 atom stereocenters. The third-order valence-corrected chi connectivity index (χ3v) is 5.36. The Balaban J connectivity index is 0.000000471. The van der Waals surface area contributed by atoms with Crippen molar-refractivity contribution in [1.82, 2.24) is 20.6 Å². The predicted molar refractivity (Wildman–Crippen MR) is 153 cm³/mol. The summed E-state index contributed by atoms with van der Waals surface area (Å²) < 4.78 is 19.3. The van der Waals surface area contributed by atoms with E-state index in [2.05, 4.69) is 80.5 Å². The lowest BCUT2D eigenvalue weighted by molar-refractivity contribution is 0.387. The molecule has 4 aromatic rings. The topological polar surface area (TPSA) is 104 Å². The van der Waals surface area contributed by atoms with Gasteiger partial charge in [0.2, 0.25) is 0 Å². The summed E-state index contributed by atoms with van der Waals surface area (Å²) in [4.78, 5) is 0. The van der Waals surface area contributed by atoms with Crippen LogP contribution in [0.25, 0.3) is 0 Å². The molecule has 4 rings (SSSR count). The van der Waals surface area contributed by atoms with Gasteiger partial charge in [-0.1, -0.05) is 89.9 Å². The summed E-state index contributed by atoms with van der Waals surface area (Å²) in [6, 6.07) is 3.84. The second kappa shape index (κ2) is 18.2. The molecule has 8 nitrogen and oxygen atoms in total. The zero-order chi connectivity index (χ0) is 29.4. The van der Waals surface area contributed by atoms with Gasteiger partial charge in [0.1, 0.15) is 24.0 Å². The molecule has 38 heavy (non-hydrogen) atoms. The standard InChI is InChI=1S/C8H13NO.2C7H11NO.C6H9NO.C2H6/c1-5(2)8-6(3)7(4)10-9-8;1-5(2)7-6(3)4-9-8-7;1-5(2)7-4-6(3)9-8-7;1-5(2)6-3-4-8-7-6;1-2/h5H,1-4H3;2*4-5H,1-3H3;3-5H,1-2H3;1-2H3. The molecule has 0 amide bonds. The minimum Gasteiger partial charge on any atom is -0.365 e. The van der Waals surface area contributed by atoms with E-state index < -0.39 is 0 Å². The van der Waals surface area contributed by atoms with Gasteiger partial charge in [0.25, 0.3) is 0 Å². The molecule has 0 aliphatic carbocycles. The molecular formula is C30H50N4O4. The van der Waals surface area contributed by atoms with Crippen LogP contribution in [0, 0.1) is 27.7 Å². The van der Waals surface area contributed by atoms with Gasteiger partial charge in [0, 0.05) is 23.3 Å². The maximum Gasteiger partial charge on any atom is 0.136 e. The van der Waals surface area contributed by atoms with Gasteiger partial charge in [-0.15, -0.1) is 0 Å². The van der Waals surface area contributed by atoms with E-state index in [1.807, 2.05) is 53.7 Å². The molecule has 0 aliphatic heterocycles. The average Bonchev–Trinajstić information content (AvgIpc) is 3.66. The van der Waals surface area contributed by atoms with Gasteiger partial charge in [-0.05, 0) is 51.4 Å². The Morgan fingerprint density at radius 3 is 1.39 bits per heavy atom. The van der Waals surface area contributed by atoms with Crippen LogP contribution >= 0.6 is 0 Å². The van der Waals surface area contributed by atoms with Crippen LogP contribution in [-0.4, -0.2) is 20.6 Å². The Kier molecular flexibility index (Phi) is 16.6. The summed E-state index contributed by atoms with van der Waals surface area (Å²) in [6.07, 6.45) is 3.27. The van der Waals surface area contributed by atoms with Crippen molar-refractivity contribution in [3.63, 3.8) is 0 Å². The summed E-state index contributed by atoms with van der Waals surface area (Å²) in [5.41, 5.74) is 6.53. The number of hydrogen-bond donors (Lipinski definition) is 0. The Morgan fingerprint density at radius 2 is 1.18 bits per heavy atom. The van der Waals surface area contributed by atoms with Crippen molar-refractivity contribution in [2.75, 3.05) is 0 Å². The van der Waals surface area contributed by atoms with Crippen molar-refractivity contribution in [3.05, 3.63) is 70.1 Å². The zero-order valence-corrected chi connectivity index (χ0v) is 26.0. The Bertz CT molecular complexity index is 1100. The summed E-state index contributed by atoms with van der Waals surface area (Å²) in [5, 5.41) is 15.4. The van der Waals surface area contributed by atoms with Crippen molar-refractivity contribution in [3.8, 4) is 0 Å². The van der Waals surface area contributed by atoms with Gasteiger partial charge in [-0.2, -0.15) is 0 Å². The van der Waals surface area contributed by atoms with Crippen LogP contribution in [0.1, 0.15) is 138 Å². The minimum atomic E-state index is 0.470. The maximum absolute atomic E-state index is 5.01. The van der Waals surface area contributed by atoms with Crippen molar-refractivity contribution in [2.24, 2.45) is 0 Å². The van der Waals surface area contributed by atoms with Gasteiger partial charge in [-0.3, -0.25) is 0 Å². The van der Waals surface area contributed by atoms with E-state index >= 15 is 0 Å². The lowest BCUT2D eigenvalue weighted by Gasteiger charge is -1.97. The predicted octanol–water partition coefficient (Wildman–Crippen LogP) is 9.45. The molecule has 0 spiro atoms. The fourth-order valence-corrected chi connectivity index (χ4v) is 3.01. The summed E-state index contributed by atoms with van der Waals surface area (Å²) in [5.74, 6) is 3.72. The van der Waals surface area contributed by atoms with Crippen LogP contribution in [-0.2, 0) is 0 Å².